The Kier molecular flexibility index (Phi) is 5.50. The number of sulfonamides is 1. The molecule has 1 rings (SSSR count). The molecule has 0 spiro atoms. The summed E-state index contributed by atoms with van der Waals surface area (Å²) in [4.78, 5) is 11.8. The zero-order valence-corrected chi connectivity index (χ0v) is 12.3. The maximum absolute atomic E-state index is 11.6. The van der Waals surface area contributed by atoms with E-state index in [1.54, 1.807) is 12.1 Å². The zero-order valence-electron chi connectivity index (χ0n) is 11.4. The van der Waals surface area contributed by atoms with E-state index < -0.39 is 10.0 Å². The van der Waals surface area contributed by atoms with Gasteiger partial charge in [-0.15, -0.1) is 0 Å². The molecule has 106 valence electrons. The second kappa shape index (κ2) is 6.68. The lowest BCUT2D eigenvalue weighted by Crippen LogP contribution is -2.28. The zero-order chi connectivity index (χ0) is 14.5. The molecule has 1 amide bonds. The molecule has 1 aromatic carbocycles. The van der Waals surface area contributed by atoms with Crippen LogP contribution in [0.5, 0.6) is 0 Å². The van der Waals surface area contributed by atoms with E-state index in [9.17, 15) is 13.2 Å². The fraction of sp³-hybridized carbons (Fsp3) is 0.462. The van der Waals surface area contributed by atoms with E-state index in [4.69, 9.17) is 0 Å². The van der Waals surface area contributed by atoms with E-state index in [-0.39, 0.29) is 16.7 Å². The van der Waals surface area contributed by atoms with Crippen LogP contribution in [-0.2, 0) is 21.4 Å². The van der Waals surface area contributed by atoms with Crippen molar-refractivity contribution in [3.63, 3.8) is 0 Å². The Morgan fingerprint density at radius 3 is 2.32 bits per heavy atom. The summed E-state index contributed by atoms with van der Waals surface area (Å²) < 4.78 is 25.3. The van der Waals surface area contributed by atoms with Gasteiger partial charge in [-0.25, -0.2) is 13.1 Å². The van der Waals surface area contributed by atoms with Crippen molar-refractivity contribution in [2.75, 3.05) is 7.05 Å². The predicted molar refractivity (Wildman–Crippen MR) is 74.0 cm³/mol. The van der Waals surface area contributed by atoms with Crippen molar-refractivity contribution in [3.8, 4) is 0 Å². The molecular weight excluding hydrogens is 264 g/mol. The van der Waals surface area contributed by atoms with E-state index in [1.807, 2.05) is 13.8 Å². The molecule has 0 saturated carbocycles. The summed E-state index contributed by atoms with van der Waals surface area (Å²) in [6, 6.07) is 6.44. The van der Waals surface area contributed by atoms with Crippen molar-refractivity contribution < 1.29 is 13.2 Å². The van der Waals surface area contributed by atoms with Crippen LogP contribution in [0.15, 0.2) is 29.2 Å². The Labute approximate surface area is 114 Å². The van der Waals surface area contributed by atoms with Crippen LogP contribution in [-0.4, -0.2) is 21.4 Å². The Balaban J connectivity index is 2.66. The third-order valence-corrected chi connectivity index (χ3v) is 4.46. The van der Waals surface area contributed by atoms with Crippen molar-refractivity contribution >= 4 is 15.9 Å². The molecule has 0 heterocycles. The van der Waals surface area contributed by atoms with E-state index in [1.165, 1.54) is 19.2 Å². The van der Waals surface area contributed by atoms with Crippen molar-refractivity contribution in [1.82, 2.24) is 10.0 Å². The molecule has 1 aromatic rings. The molecule has 0 saturated heterocycles. The first-order chi connectivity index (χ1) is 8.90. The summed E-state index contributed by atoms with van der Waals surface area (Å²) in [5, 5.41) is 2.82. The Morgan fingerprint density at radius 2 is 1.84 bits per heavy atom. The fourth-order valence-electron chi connectivity index (χ4n) is 1.45. The molecule has 0 bridgehead atoms. The quantitative estimate of drug-likeness (QED) is 0.825. The Morgan fingerprint density at radius 1 is 1.26 bits per heavy atom. The smallest absolute Gasteiger partial charge is 0.240 e. The second-order valence-electron chi connectivity index (χ2n) is 4.38. The summed E-state index contributed by atoms with van der Waals surface area (Å²) in [5.74, 6) is -0.00151. The van der Waals surface area contributed by atoms with E-state index in [0.717, 1.165) is 12.0 Å². The molecule has 0 aliphatic rings. The first kappa shape index (κ1) is 15.7. The molecule has 6 heteroatoms. The van der Waals surface area contributed by atoms with Crippen LogP contribution >= 0.6 is 0 Å². The van der Waals surface area contributed by atoms with Gasteiger partial charge in [0.15, 0.2) is 0 Å². The molecule has 2 N–H and O–H groups in total. The van der Waals surface area contributed by atoms with Crippen molar-refractivity contribution in [2.24, 2.45) is 5.92 Å². The molecule has 0 aromatic heterocycles. The highest BCUT2D eigenvalue weighted by Crippen LogP contribution is 2.10. The first-order valence-electron chi connectivity index (χ1n) is 6.21. The summed E-state index contributed by atoms with van der Waals surface area (Å²) in [6.07, 6.45) is 0.797. The van der Waals surface area contributed by atoms with Crippen molar-refractivity contribution in [3.05, 3.63) is 29.8 Å². The van der Waals surface area contributed by atoms with Crippen LogP contribution in [0.2, 0.25) is 0 Å². The maximum atomic E-state index is 11.6. The van der Waals surface area contributed by atoms with Gasteiger partial charge in [-0.2, -0.15) is 0 Å². The normalized spacial score (nSPS) is 13.0. The van der Waals surface area contributed by atoms with Crippen LogP contribution in [0.3, 0.4) is 0 Å². The average molecular weight is 284 g/mol. The molecular formula is C13H20N2O3S. The third kappa shape index (κ3) is 4.33. The molecule has 19 heavy (non-hydrogen) atoms. The SMILES string of the molecule is CCC(C)C(=O)NCc1ccc(S(=O)(=O)NC)cc1. The summed E-state index contributed by atoms with van der Waals surface area (Å²) in [6.45, 7) is 4.24. The predicted octanol–water partition coefficient (Wildman–Crippen LogP) is 1.26. The van der Waals surface area contributed by atoms with E-state index >= 15 is 0 Å². The molecule has 5 nitrogen and oxygen atoms in total. The number of carbonyl (C=O) groups excluding carboxylic acids is 1. The third-order valence-electron chi connectivity index (χ3n) is 3.03. The highest BCUT2D eigenvalue weighted by Gasteiger charge is 2.12. The lowest BCUT2D eigenvalue weighted by atomic mass is 10.1. The van der Waals surface area contributed by atoms with Crippen LogP contribution < -0.4 is 10.0 Å². The van der Waals surface area contributed by atoms with Gasteiger partial charge in [0.2, 0.25) is 15.9 Å². The highest BCUT2D eigenvalue weighted by atomic mass is 32.2. The van der Waals surface area contributed by atoms with Gasteiger partial charge in [0, 0.05) is 12.5 Å². The monoisotopic (exact) mass is 284 g/mol. The molecule has 0 aliphatic carbocycles. The maximum Gasteiger partial charge on any atom is 0.240 e. The van der Waals surface area contributed by atoms with E-state index in [0.29, 0.717) is 6.54 Å². The van der Waals surface area contributed by atoms with Crippen LogP contribution in [0.25, 0.3) is 0 Å². The van der Waals surface area contributed by atoms with Crippen molar-refractivity contribution in [1.29, 1.82) is 0 Å². The molecule has 0 fully saturated rings. The standard InChI is InChI=1S/C13H20N2O3S/c1-4-10(2)13(16)15-9-11-5-7-12(8-6-11)19(17,18)14-3/h5-8,10,14H,4,9H2,1-3H3,(H,15,16). The highest BCUT2D eigenvalue weighted by molar-refractivity contribution is 7.89. The molecule has 0 aliphatic heterocycles. The van der Waals surface area contributed by atoms with Gasteiger partial charge in [-0.3, -0.25) is 4.79 Å². The number of amides is 1. The Hall–Kier alpha value is -1.40. The minimum atomic E-state index is -3.40. The van der Waals surface area contributed by atoms with Crippen molar-refractivity contribution in [2.45, 2.75) is 31.7 Å². The lowest BCUT2D eigenvalue weighted by Gasteiger charge is -2.10. The first-order valence-corrected chi connectivity index (χ1v) is 7.69. The summed E-state index contributed by atoms with van der Waals surface area (Å²) >= 11 is 0. The minimum absolute atomic E-state index is 0.00872. The number of benzene rings is 1. The second-order valence-corrected chi connectivity index (χ2v) is 6.27. The summed E-state index contributed by atoms with van der Waals surface area (Å²) in [7, 11) is -2.03. The number of hydrogen-bond donors (Lipinski definition) is 2. The topological polar surface area (TPSA) is 75.3 Å². The average Bonchev–Trinajstić information content (AvgIpc) is 2.44. The molecule has 0 radical (unpaired) electrons. The number of hydrogen-bond acceptors (Lipinski definition) is 3. The van der Waals surface area contributed by atoms with Gasteiger partial charge in [0.1, 0.15) is 0 Å². The largest absolute Gasteiger partial charge is 0.352 e. The van der Waals surface area contributed by atoms with Gasteiger partial charge < -0.3 is 5.32 Å². The number of carbonyl (C=O) groups is 1. The lowest BCUT2D eigenvalue weighted by molar-refractivity contribution is -0.124. The minimum Gasteiger partial charge on any atom is -0.352 e. The van der Waals surface area contributed by atoms with Gasteiger partial charge >= 0.3 is 0 Å². The number of rotatable bonds is 6. The van der Waals surface area contributed by atoms with Crippen LogP contribution in [0.1, 0.15) is 25.8 Å². The van der Waals surface area contributed by atoms with Gasteiger partial charge in [0.25, 0.3) is 0 Å². The molecule has 1 atom stereocenters. The van der Waals surface area contributed by atoms with Gasteiger partial charge in [0.05, 0.1) is 4.90 Å². The Bertz CT molecular complexity index is 523. The van der Waals surface area contributed by atoms with Crippen LogP contribution in [0.4, 0.5) is 0 Å². The van der Waals surface area contributed by atoms with Gasteiger partial charge in [-0.1, -0.05) is 26.0 Å². The number of nitrogens with one attached hydrogen (secondary N) is 2. The molecule has 1 unspecified atom stereocenters. The summed E-state index contributed by atoms with van der Waals surface area (Å²) in [5.41, 5.74) is 0.867. The fourth-order valence-corrected chi connectivity index (χ4v) is 2.18. The van der Waals surface area contributed by atoms with Gasteiger partial charge in [-0.05, 0) is 31.2 Å². The van der Waals surface area contributed by atoms with E-state index in [2.05, 4.69) is 10.0 Å². The van der Waals surface area contributed by atoms with Crippen LogP contribution in [0, 0.1) is 5.92 Å².